The van der Waals surface area contributed by atoms with Crippen LogP contribution >= 0.6 is 11.6 Å². The van der Waals surface area contributed by atoms with Crippen molar-refractivity contribution in [1.29, 1.82) is 0 Å². The van der Waals surface area contributed by atoms with E-state index in [1.807, 2.05) is 80.6 Å². The molecule has 0 bridgehead atoms. The van der Waals surface area contributed by atoms with E-state index in [0.29, 0.717) is 36.2 Å². The Balaban J connectivity index is 1.74. The van der Waals surface area contributed by atoms with Crippen LogP contribution < -0.4 is 9.47 Å². The van der Waals surface area contributed by atoms with Crippen LogP contribution in [-0.4, -0.2) is 23.8 Å². The number of hydrogen-bond acceptors (Lipinski definition) is 4. The molecule has 0 aliphatic rings. The van der Waals surface area contributed by atoms with Gasteiger partial charge in [-0.3, -0.25) is 0 Å². The van der Waals surface area contributed by atoms with Crippen LogP contribution in [0.15, 0.2) is 66.7 Å². The Morgan fingerprint density at radius 3 is 2.24 bits per heavy atom. The maximum atomic E-state index is 12.9. The molecule has 0 atom stereocenters. The highest BCUT2D eigenvalue weighted by Crippen LogP contribution is 2.33. The number of esters is 1. The third kappa shape index (κ3) is 4.83. The first-order valence-corrected chi connectivity index (χ1v) is 11.3. The first-order valence-electron chi connectivity index (χ1n) is 10.9. The zero-order valence-corrected chi connectivity index (χ0v) is 19.7. The average Bonchev–Trinajstić information content (AvgIpc) is 3.10. The minimum atomic E-state index is -0.348. The van der Waals surface area contributed by atoms with Crippen LogP contribution in [-0.2, 0) is 11.3 Å². The van der Waals surface area contributed by atoms with Crippen molar-refractivity contribution in [3.8, 4) is 17.2 Å². The van der Waals surface area contributed by atoms with Gasteiger partial charge >= 0.3 is 5.97 Å². The Hall–Kier alpha value is -3.44. The lowest BCUT2D eigenvalue weighted by Gasteiger charge is -2.11. The number of rotatable bonds is 8. The molecule has 1 heterocycles. The van der Waals surface area contributed by atoms with E-state index in [-0.39, 0.29) is 5.97 Å². The van der Waals surface area contributed by atoms with E-state index in [0.717, 1.165) is 33.6 Å². The zero-order chi connectivity index (χ0) is 23.4. The maximum Gasteiger partial charge on any atom is 0.340 e. The number of nitrogens with zero attached hydrogens (tertiary/aromatic N) is 1. The van der Waals surface area contributed by atoms with Gasteiger partial charge in [-0.05, 0) is 80.9 Å². The second-order valence-corrected chi connectivity index (χ2v) is 7.97. The Morgan fingerprint density at radius 2 is 1.58 bits per heavy atom. The van der Waals surface area contributed by atoms with Crippen molar-refractivity contribution in [2.24, 2.45) is 0 Å². The van der Waals surface area contributed by atoms with Crippen LogP contribution in [0.3, 0.4) is 0 Å². The molecule has 0 saturated carbocycles. The number of ether oxygens (including phenoxy) is 3. The normalized spacial score (nSPS) is 10.9. The van der Waals surface area contributed by atoms with Crippen LogP contribution in [0.25, 0.3) is 16.6 Å². The molecule has 0 spiro atoms. The van der Waals surface area contributed by atoms with Crippen molar-refractivity contribution < 1.29 is 19.0 Å². The minimum Gasteiger partial charge on any atom is -0.494 e. The number of hydrogen-bond donors (Lipinski definition) is 0. The molecular formula is C27H26ClNO4. The summed E-state index contributed by atoms with van der Waals surface area (Å²) in [7, 11) is 0. The molecule has 6 heteroatoms. The first-order chi connectivity index (χ1) is 16.0. The summed E-state index contributed by atoms with van der Waals surface area (Å²) in [6, 6.07) is 21.1. The van der Waals surface area contributed by atoms with E-state index < -0.39 is 0 Å². The van der Waals surface area contributed by atoms with Gasteiger partial charge in [-0.15, -0.1) is 0 Å². The van der Waals surface area contributed by atoms with Gasteiger partial charge < -0.3 is 18.8 Å². The average molecular weight is 464 g/mol. The second-order valence-electron chi connectivity index (χ2n) is 7.54. The molecule has 0 amide bonds. The van der Waals surface area contributed by atoms with E-state index in [9.17, 15) is 4.79 Å². The minimum absolute atomic E-state index is 0.306. The van der Waals surface area contributed by atoms with Crippen molar-refractivity contribution in [3.63, 3.8) is 0 Å². The zero-order valence-electron chi connectivity index (χ0n) is 18.9. The Bertz CT molecular complexity index is 1260. The molecule has 170 valence electrons. The van der Waals surface area contributed by atoms with E-state index >= 15 is 0 Å². The Labute approximate surface area is 198 Å². The molecule has 0 saturated heterocycles. The van der Waals surface area contributed by atoms with Crippen molar-refractivity contribution in [3.05, 3.63) is 88.6 Å². The summed E-state index contributed by atoms with van der Waals surface area (Å²) >= 11 is 5.96. The fraction of sp³-hybridized carbons (Fsp3) is 0.222. The van der Waals surface area contributed by atoms with E-state index in [2.05, 4.69) is 4.57 Å². The molecule has 0 aliphatic heterocycles. The summed E-state index contributed by atoms with van der Waals surface area (Å²) < 4.78 is 19.0. The number of carbonyl (C=O) groups is 1. The maximum absolute atomic E-state index is 12.9. The lowest BCUT2D eigenvalue weighted by molar-refractivity contribution is 0.0527. The van der Waals surface area contributed by atoms with Gasteiger partial charge in [-0.2, -0.15) is 0 Å². The van der Waals surface area contributed by atoms with Gasteiger partial charge in [0.1, 0.15) is 18.1 Å². The largest absolute Gasteiger partial charge is 0.494 e. The van der Waals surface area contributed by atoms with Crippen LogP contribution in [0.1, 0.15) is 35.5 Å². The third-order valence-electron chi connectivity index (χ3n) is 5.38. The first kappa shape index (κ1) is 22.7. The van der Waals surface area contributed by atoms with Gasteiger partial charge in [-0.1, -0.05) is 23.7 Å². The molecule has 0 N–H and O–H groups in total. The van der Waals surface area contributed by atoms with Crippen molar-refractivity contribution in [2.45, 2.75) is 27.4 Å². The van der Waals surface area contributed by atoms with Gasteiger partial charge in [0.15, 0.2) is 0 Å². The fourth-order valence-electron chi connectivity index (χ4n) is 3.89. The summed E-state index contributed by atoms with van der Waals surface area (Å²) in [6.07, 6.45) is 0. The smallest absolute Gasteiger partial charge is 0.340 e. The number of fused-ring (bicyclic) bond motifs is 1. The predicted octanol–water partition coefficient (Wildman–Crippen LogP) is 6.75. The molecule has 1 aromatic heterocycles. The lowest BCUT2D eigenvalue weighted by Crippen LogP contribution is -2.07. The third-order valence-corrected chi connectivity index (χ3v) is 5.63. The van der Waals surface area contributed by atoms with Crippen molar-refractivity contribution in [1.82, 2.24) is 4.57 Å². The quantitative estimate of drug-likeness (QED) is 0.271. The van der Waals surface area contributed by atoms with Crippen LogP contribution in [0.5, 0.6) is 11.5 Å². The monoisotopic (exact) mass is 463 g/mol. The standard InChI is InChI=1S/C27H26ClNO4/c1-4-31-22-12-10-21(11-13-22)29-18(3)26(27(30)32-5-2)24-16-23(14-15-25(24)29)33-17-19-6-8-20(28)9-7-19/h6-16H,4-5,17H2,1-3H3. The Kier molecular flexibility index (Phi) is 6.90. The number of benzene rings is 3. The van der Waals surface area contributed by atoms with Crippen LogP contribution in [0, 0.1) is 6.92 Å². The summed E-state index contributed by atoms with van der Waals surface area (Å²) in [5, 5.41) is 1.47. The molecule has 4 rings (SSSR count). The summed E-state index contributed by atoms with van der Waals surface area (Å²) in [5.41, 5.74) is 4.19. The van der Waals surface area contributed by atoms with Crippen LogP contribution in [0.2, 0.25) is 5.02 Å². The van der Waals surface area contributed by atoms with Gasteiger partial charge in [0.05, 0.1) is 24.3 Å². The van der Waals surface area contributed by atoms with Gasteiger partial charge in [0, 0.05) is 21.8 Å². The number of carbonyl (C=O) groups excluding carboxylic acids is 1. The van der Waals surface area contributed by atoms with Crippen molar-refractivity contribution in [2.75, 3.05) is 13.2 Å². The molecule has 0 unspecified atom stereocenters. The van der Waals surface area contributed by atoms with E-state index in [1.165, 1.54) is 0 Å². The molecular weight excluding hydrogens is 438 g/mol. The lowest BCUT2D eigenvalue weighted by atomic mass is 10.1. The summed E-state index contributed by atoms with van der Waals surface area (Å²) in [6.45, 7) is 7.00. The number of halogens is 1. The highest BCUT2D eigenvalue weighted by molar-refractivity contribution is 6.30. The van der Waals surface area contributed by atoms with Crippen LogP contribution in [0.4, 0.5) is 0 Å². The highest BCUT2D eigenvalue weighted by atomic mass is 35.5. The molecule has 0 fully saturated rings. The second kappa shape index (κ2) is 10.0. The molecule has 5 nitrogen and oxygen atoms in total. The predicted molar refractivity (Wildman–Crippen MR) is 131 cm³/mol. The molecule has 0 radical (unpaired) electrons. The Morgan fingerprint density at radius 1 is 0.879 bits per heavy atom. The van der Waals surface area contributed by atoms with E-state index in [4.69, 9.17) is 25.8 Å². The highest BCUT2D eigenvalue weighted by Gasteiger charge is 2.22. The topological polar surface area (TPSA) is 49.7 Å². The van der Waals surface area contributed by atoms with E-state index in [1.54, 1.807) is 6.92 Å². The van der Waals surface area contributed by atoms with Crippen molar-refractivity contribution >= 4 is 28.5 Å². The number of aromatic nitrogens is 1. The molecule has 4 aromatic rings. The summed E-state index contributed by atoms with van der Waals surface area (Å²) in [5.74, 6) is 1.13. The molecule has 0 aliphatic carbocycles. The molecule has 33 heavy (non-hydrogen) atoms. The van der Waals surface area contributed by atoms with Gasteiger partial charge in [-0.25, -0.2) is 4.79 Å². The van der Waals surface area contributed by atoms with Gasteiger partial charge in [0.25, 0.3) is 0 Å². The van der Waals surface area contributed by atoms with Gasteiger partial charge in [0.2, 0.25) is 0 Å². The molecule has 3 aromatic carbocycles. The fourth-order valence-corrected chi connectivity index (χ4v) is 4.01. The summed E-state index contributed by atoms with van der Waals surface area (Å²) in [4.78, 5) is 12.9. The SMILES string of the molecule is CCOC(=O)c1c(C)n(-c2ccc(OCC)cc2)c2ccc(OCc3ccc(Cl)cc3)cc12.